The fraction of sp³-hybridized carbons (Fsp3) is 0.524. The minimum atomic E-state index is -4.34. The van der Waals surface area contributed by atoms with Crippen molar-refractivity contribution >= 4 is 37.7 Å². The van der Waals surface area contributed by atoms with E-state index >= 15 is 0 Å². The number of fused-ring (bicyclic) bond motifs is 1. The number of H-pyrrole nitrogens is 1. The lowest BCUT2D eigenvalue weighted by molar-refractivity contribution is 0.0332. The number of thiophene rings is 1. The summed E-state index contributed by atoms with van der Waals surface area (Å²) in [7, 11) is -4.34. The second kappa shape index (κ2) is 8.08. The molecule has 4 rings (SSSR count). The van der Waals surface area contributed by atoms with Crippen molar-refractivity contribution in [2.24, 2.45) is 0 Å². The van der Waals surface area contributed by atoms with Gasteiger partial charge in [-0.1, -0.05) is 0 Å². The van der Waals surface area contributed by atoms with Gasteiger partial charge in [0, 0.05) is 18.3 Å². The SMILES string of the molecule is CCn1cc(Cn2c(=O)[nH]c3sc(S(=O)(=O)N(C(=O)OC(C)(C)C)C4(C)CC4)cc3c2=O)cn1. The average Bonchev–Trinajstić information content (AvgIpc) is 3.13. The highest BCUT2D eigenvalue weighted by Gasteiger charge is 2.54. The van der Waals surface area contributed by atoms with Crippen LogP contribution in [0.4, 0.5) is 4.79 Å². The Bertz CT molecular complexity index is 1480. The van der Waals surface area contributed by atoms with Crippen molar-refractivity contribution in [1.82, 2.24) is 23.6 Å². The smallest absolute Gasteiger partial charge is 0.424 e. The van der Waals surface area contributed by atoms with Gasteiger partial charge in [-0.25, -0.2) is 9.59 Å². The molecule has 0 saturated heterocycles. The Morgan fingerprint density at radius 1 is 1.32 bits per heavy atom. The Hall–Kier alpha value is -2.93. The molecule has 1 amide bonds. The maximum Gasteiger partial charge on any atom is 0.424 e. The first-order chi connectivity index (χ1) is 15.7. The number of hydrogen-bond acceptors (Lipinski definition) is 8. The summed E-state index contributed by atoms with van der Waals surface area (Å²) in [6.45, 7) is 9.18. The van der Waals surface area contributed by atoms with E-state index in [2.05, 4.69) is 10.1 Å². The number of hydrogen-bond donors (Lipinski definition) is 1. The van der Waals surface area contributed by atoms with E-state index in [9.17, 15) is 22.8 Å². The quantitative estimate of drug-likeness (QED) is 0.539. The maximum absolute atomic E-state index is 13.5. The Morgan fingerprint density at radius 2 is 2.00 bits per heavy atom. The molecule has 11 nitrogen and oxygen atoms in total. The second-order valence-electron chi connectivity index (χ2n) is 9.58. The number of ether oxygens (including phenoxy) is 1. The molecule has 34 heavy (non-hydrogen) atoms. The first-order valence-corrected chi connectivity index (χ1v) is 13.1. The van der Waals surface area contributed by atoms with Crippen LogP contribution in [0.3, 0.4) is 0 Å². The standard InChI is InChI=1S/C21H27N5O6S2/c1-6-24-11-13(10-22-24)12-25-17(27)14-9-15(33-16(14)23-18(25)28)34(30,31)26(21(5)7-8-21)19(29)32-20(2,3)4/h9-11H,6-8,12H2,1-5H3,(H,23,28). The zero-order valence-electron chi connectivity index (χ0n) is 19.6. The van der Waals surface area contributed by atoms with Crippen molar-refractivity contribution < 1.29 is 17.9 Å². The van der Waals surface area contributed by atoms with Crippen molar-refractivity contribution in [3.05, 3.63) is 44.9 Å². The zero-order valence-corrected chi connectivity index (χ0v) is 21.2. The van der Waals surface area contributed by atoms with E-state index in [1.165, 1.54) is 6.07 Å². The van der Waals surface area contributed by atoms with Crippen LogP contribution in [-0.2, 0) is 27.8 Å². The Labute approximate surface area is 200 Å². The van der Waals surface area contributed by atoms with E-state index in [1.54, 1.807) is 44.8 Å². The van der Waals surface area contributed by atoms with Crippen molar-refractivity contribution in [3.8, 4) is 0 Å². The van der Waals surface area contributed by atoms with Crippen LogP contribution >= 0.6 is 11.3 Å². The summed E-state index contributed by atoms with van der Waals surface area (Å²) in [6.07, 6.45) is 3.34. The number of nitrogens with zero attached hydrogens (tertiary/aromatic N) is 4. The van der Waals surface area contributed by atoms with Crippen LogP contribution in [0.2, 0.25) is 0 Å². The molecule has 1 fully saturated rings. The zero-order chi connectivity index (χ0) is 25.1. The summed E-state index contributed by atoms with van der Waals surface area (Å²) < 4.78 is 35.7. The van der Waals surface area contributed by atoms with Gasteiger partial charge >= 0.3 is 11.8 Å². The van der Waals surface area contributed by atoms with E-state index in [0.717, 1.165) is 20.2 Å². The monoisotopic (exact) mass is 509 g/mol. The van der Waals surface area contributed by atoms with Gasteiger partial charge in [-0.3, -0.25) is 19.0 Å². The molecule has 1 aliphatic rings. The number of carbonyl (C=O) groups excluding carboxylic acids is 1. The van der Waals surface area contributed by atoms with Crippen LogP contribution in [0.1, 0.15) is 53.0 Å². The normalized spacial score (nSPS) is 15.4. The van der Waals surface area contributed by atoms with Crippen molar-refractivity contribution in [2.45, 2.75) is 75.9 Å². The van der Waals surface area contributed by atoms with E-state index in [-0.39, 0.29) is 21.0 Å². The fourth-order valence-electron chi connectivity index (χ4n) is 3.52. The molecular formula is C21H27N5O6S2. The van der Waals surface area contributed by atoms with Gasteiger partial charge in [-0.15, -0.1) is 11.3 Å². The second-order valence-corrected chi connectivity index (χ2v) is 12.6. The van der Waals surface area contributed by atoms with Gasteiger partial charge in [0.15, 0.2) is 0 Å². The lowest BCUT2D eigenvalue weighted by atomic mass is 10.2. The molecule has 0 aliphatic heterocycles. The largest absolute Gasteiger partial charge is 0.443 e. The molecule has 1 aliphatic carbocycles. The summed E-state index contributed by atoms with van der Waals surface area (Å²) in [4.78, 5) is 41.3. The van der Waals surface area contributed by atoms with Gasteiger partial charge in [0.2, 0.25) is 0 Å². The Morgan fingerprint density at radius 3 is 2.56 bits per heavy atom. The Kier molecular flexibility index (Phi) is 5.75. The highest BCUT2D eigenvalue weighted by atomic mass is 32.2. The summed E-state index contributed by atoms with van der Waals surface area (Å²) in [5.74, 6) is 0. The first kappa shape index (κ1) is 24.2. The molecule has 0 unspecified atom stereocenters. The van der Waals surface area contributed by atoms with Crippen LogP contribution < -0.4 is 11.2 Å². The van der Waals surface area contributed by atoms with Gasteiger partial charge in [0.25, 0.3) is 15.6 Å². The number of nitrogens with one attached hydrogen (secondary N) is 1. The fourth-order valence-corrected chi connectivity index (χ4v) is 6.63. The number of rotatable bonds is 6. The topological polar surface area (TPSA) is 136 Å². The maximum atomic E-state index is 13.5. The summed E-state index contributed by atoms with van der Waals surface area (Å²) in [5.41, 5.74) is -2.41. The van der Waals surface area contributed by atoms with Crippen LogP contribution in [0, 0.1) is 0 Å². The predicted octanol–water partition coefficient (Wildman–Crippen LogP) is 2.49. The predicted molar refractivity (Wildman–Crippen MR) is 127 cm³/mol. The summed E-state index contributed by atoms with van der Waals surface area (Å²) >= 11 is 0.740. The van der Waals surface area contributed by atoms with E-state index in [0.29, 0.717) is 24.9 Å². The molecule has 13 heteroatoms. The van der Waals surface area contributed by atoms with Crippen molar-refractivity contribution in [2.75, 3.05) is 0 Å². The van der Waals surface area contributed by atoms with Gasteiger partial charge in [0.05, 0.1) is 23.7 Å². The molecule has 0 aromatic carbocycles. The third-order valence-electron chi connectivity index (χ3n) is 5.52. The summed E-state index contributed by atoms with van der Waals surface area (Å²) in [5, 5.41) is 4.19. The number of aromatic amines is 1. The van der Waals surface area contributed by atoms with Crippen molar-refractivity contribution in [3.63, 3.8) is 0 Å². The third kappa shape index (κ3) is 4.41. The van der Waals surface area contributed by atoms with Crippen LogP contribution in [0.25, 0.3) is 10.2 Å². The average molecular weight is 510 g/mol. The first-order valence-electron chi connectivity index (χ1n) is 10.8. The molecule has 0 spiro atoms. The van der Waals surface area contributed by atoms with Gasteiger partial charge in [-0.05, 0) is 53.5 Å². The molecular weight excluding hydrogens is 482 g/mol. The highest BCUT2D eigenvalue weighted by Crippen LogP contribution is 2.45. The van der Waals surface area contributed by atoms with Gasteiger partial charge in [-0.2, -0.15) is 17.8 Å². The molecule has 1 N–H and O–H groups in total. The lowest BCUT2D eigenvalue weighted by Gasteiger charge is -2.30. The molecule has 1 saturated carbocycles. The van der Waals surface area contributed by atoms with Crippen LogP contribution in [0.15, 0.2) is 32.3 Å². The molecule has 3 aromatic rings. The Balaban J connectivity index is 1.77. The van der Waals surface area contributed by atoms with Crippen molar-refractivity contribution in [1.29, 1.82) is 0 Å². The number of carbonyl (C=O) groups is 1. The lowest BCUT2D eigenvalue weighted by Crippen LogP contribution is -2.47. The summed E-state index contributed by atoms with van der Waals surface area (Å²) in [6, 6.07) is 1.21. The van der Waals surface area contributed by atoms with Crippen LogP contribution in [0.5, 0.6) is 0 Å². The van der Waals surface area contributed by atoms with Gasteiger partial charge in [0.1, 0.15) is 14.6 Å². The number of sulfonamides is 1. The molecule has 3 aromatic heterocycles. The number of aromatic nitrogens is 4. The minimum absolute atomic E-state index is 0.00978. The number of aryl methyl sites for hydroxylation is 1. The minimum Gasteiger partial charge on any atom is -0.443 e. The molecule has 0 radical (unpaired) electrons. The van der Waals surface area contributed by atoms with E-state index in [4.69, 9.17) is 4.74 Å². The van der Waals surface area contributed by atoms with Crippen LogP contribution in [-0.4, -0.2) is 49.3 Å². The van der Waals surface area contributed by atoms with Gasteiger partial charge < -0.3 is 4.74 Å². The van der Waals surface area contributed by atoms with E-state index < -0.39 is 38.5 Å². The number of amides is 1. The highest BCUT2D eigenvalue weighted by molar-refractivity contribution is 7.92. The third-order valence-corrected chi connectivity index (χ3v) is 8.94. The van der Waals surface area contributed by atoms with E-state index in [1.807, 2.05) is 6.92 Å². The molecule has 0 bridgehead atoms. The molecule has 3 heterocycles. The molecule has 0 atom stereocenters. The molecule has 184 valence electrons.